The second-order valence-corrected chi connectivity index (χ2v) is 5.07. The number of nitrogens with zero attached hydrogens (tertiary/aromatic N) is 2. The van der Waals surface area contributed by atoms with Crippen LogP contribution in [0.5, 0.6) is 0 Å². The fraction of sp³-hybridized carbons (Fsp3) is 0.267. The summed E-state index contributed by atoms with van der Waals surface area (Å²) in [4.78, 5) is 23.9. The van der Waals surface area contributed by atoms with Crippen molar-refractivity contribution in [2.75, 3.05) is 11.9 Å². The molecule has 22 heavy (non-hydrogen) atoms. The highest BCUT2D eigenvalue weighted by Crippen LogP contribution is 2.20. The summed E-state index contributed by atoms with van der Waals surface area (Å²) in [5, 5.41) is 9.77. The first kappa shape index (κ1) is 16.0. The van der Waals surface area contributed by atoms with Crippen molar-refractivity contribution < 1.29 is 9.59 Å². The molecule has 0 atom stereocenters. The quantitative estimate of drug-likeness (QED) is 0.831. The van der Waals surface area contributed by atoms with Gasteiger partial charge >= 0.3 is 6.03 Å². The van der Waals surface area contributed by atoms with Gasteiger partial charge in [-0.1, -0.05) is 37.1 Å². The van der Waals surface area contributed by atoms with Crippen LogP contribution in [-0.2, 0) is 0 Å². The van der Waals surface area contributed by atoms with E-state index >= 15 is 0 Å². The highest BCUT2D eigenvalue weighted by Gasteiger charge is 2.13. The van der Waals surface area contributed by atoms with E-state index in [-0.39, 0.29) is 11.7 Å². The van der Waals surface area contributed by atoms with Crippen molar-refractivity contribution in [2.24, 2.45) is 0 Å². The number of carbonyl (C=O) groups is 2. The van der Waals surface area contributed by atoms with E-state index in [0.717, 1.165) is 17.5 Å². The maximum atomic E-state index is 12.1. The number of halogens is 1. The minimum Gasteiger partial charge on any atom is -0.336 e. The molecule has 2 N–H and O–H groups in total. The number of para-hydroxylation sites is 1. The maximum absolute atomic E-state index is 12.1. The van der Waals surface area contributed by atoms with Gasteiger partial charge in [-0.2, -0.15) is 9.78 Å². The van der Waals surface area contributed by atoms with Gasteiger partial charge in [-0.15, -0.1) is 0 Å². The van der Waals surface area contributed by atoms with Crippen molar-refractivity contribution in [1.29, 1.82) is 0 Å². The molecule has 1 aromatic carbocycles. The number of nitrogens with one attached hydrogen (secondary N) is 2. The Hall–Kier alpha value is -2.34. The number of benzene rings is 1. The lowest BCUT2D eigenvalue weighted by Crippen LogP contribution is -2.30. The Morgan fingerprint density at radius 1 is 1.27 bits per heavy atom. The van der Waals surface area contributed by atoms with Crippen LogP contribution in [0.4, 0.5) is 10.5 Å². The van der Waals surface area contributed by atoms with Crippen LogP contribution in [-0.4, -0.2) is 28.3 Å². The van der Waals surface area contributed by atoms with E-state index in [1.165, 1.54) is 12.3 Å². The Labute approximate surface area is 133 Å². The molecule has 0 saturated heterocycles. The number of rotatable bonds is 5. The molecule has 6 nitrogen and oxygen atoms in total. The van der Waals surface area contributed by atoms with Gasteiger partial charge in [0, 0.05) is 12.7 Å². The third-order valence-corrected chi connectivity index (χ3v) is 3.29. The number of hydrogen-bond donors (Lipinski definition) is 2. The van der Waals surface area contributed by atoms with Crippen LogP contribution in [0.25, 0.3) is 0 Å². The zero-order valence-electron chi connectivity index (χ0n) is 12.2. The molecule has 0 saturated carbocycles. The second-order valence-electron chi connectivity index (χ2n) is 4.67. The smallest absolute Gasteiger partial charge is 0.336 e. The van der Waals surface area contributed by atoms with E-state index in [1.54, 1.807) is 24.3 Å². The maximum Gasteiger partial charge on any atom is 0.342 e. The molecule has 1 heterocycles. The van der Waals surface area contributed by atoms with Crippen LogP contribution in [0.1, 0.15) is 30.3 Å². The van der Waals surface area contributed by atoms with E-state index in [9.17, 15) is 9.59 Å². The average molecular weight is 321 g/mol. The SMILES string of the molecule is CCCCNC(=O)n1ccc(C(=O)Nc2ccccc2Cl)n1. The van der Waals surface area contributed by atoms with E-state index < -0.39 is 5.91 Å². The molecular weight excluding hydrogens is 304 g/mol. The molecule has 1 aromatic heterocycles. The van der Waals surface area contributed by atoms with E-state index in [2.05, 4.69) is 15.7 Å². The van der Waals surface area contributed by atoms with Crippen molar-refractivity contribution in [2.45, 2.75) is 19.8 Å². The fourth-order valence-corrected chi connectivity index (χ4v) is 1.94. The number of amides is 2. The van der Waals surface area contributed by atoms with Gasteiger partial charge in [0.05, 0.1) is 10.7 Å². The van der Waals surface area contributed by atoms with Crippen LogP contribution in [0.2, 0.25) is 5.02 Å². The van der Waals surface area contributed by atoms with Gasteiger partial charge in [-0.3, -0.25) is 4.79 Å². The van der Waals surface area contributed by atoms with Crippen LogP contribution >= 0.6 is 11.6 Å². The van der Waals surface area contributed by atoms with Crippen molar-refractivity contribution in [3.8, 4) is 0 Å². The van der Waals surface area contributed by atoms with Gasteiger partial charge in [0.15, 0.2) is 5.69 Å². The first-order valence-corrected chi connectivity index (χ1v) is 7.39. The Morgan fingerprint density at radius 3 is 2.77 bits per heavy atom. The summed E-state index contributed by atoms with van der Waals surface area (Å²) >= 11 is 5.98. The van der Waals surface area contributed by atoms with Crippen molar-refractivity contribution in [3.05, 3.63) is 47.2 Å². The molecule has 0 unspecified atom stereocenters. The average Bonchev–Trinajstić information content (AvgIpc) is 3.00. The van der Waals surface area contributed by atoms with Gasteiger partial charge < -0.3 is 10.6 Å². The summed E-state index contributed by atoms with van der Waals surface area (Å²) in [5.41, 5.74) is 0.640. The van der Waals surface area contributed by atoms with Gasteiger partial charge in [0.1, 0.15) is 0 Å². The lowest BCUT2D eigenvalue weighted by Gasteiger charge is -2.05. The zero-order chi connectivity index (χ0) is 15.9. The summed E-state index contributed by atoms with van der Waals surface area (Å²) in [5.74, 6) is -0.423. The molecule has 0 fully saturated rings. The zero-order valence-corrected chi connectivity index (χ0v) is 12.9. The minimum absolute atomic E-state index is 0.144. The molecule has 116 valence electrons. The molecule has 2 amide bonds. The Morgan fingerprint density at radius 2 is 2.05 bits per heavy atom. The fourth-order valence-electron chi connectivity index (χ4n) is 1.76. The monoisotopic (exact) mass is 320 g/mol. The van der Waals surface area contributed by atoms with E-state index in [0.29, 0.717) is 17.3 Å². The third kappa shape index (κ3) is 4.08. The largest absolute Gasteiger partial charge is 0.342 e. The number of aromatic nitrogens is 2. The van der Waals surface area contributed by atoms with Crippen LogP contribution in [0, 0.1) is 0 Å². The highest BCUT2D eigenvalue weighted by atomic mass is 35.5. The minimum atomic E-state index is -0.423. The number of hydrogen-bond acceptors (Lipinski definition) is 3. The summed E-state index contributed by atoms with van der Waals surface area (Å²) in [6.07, 6.45) is 3.33. The van der Waals surface area contributed by atoms with Crippen LogP contribution < -0.4 is 10.6 Å². The Bertz CT molecular complexity index is 669. The summed E-state index contributed by atoms with van der Waals surface area (Å²) in [6, 6.07) is 8.02. The van der Waals surface area contributed by atoms with Crippen molar-refractivity contribution in [3.63, 3.8) is 0 Å². The van der Waals surface area contributed by atoms with Crippen LogP contribution in [0.3, 0.4) is 0 Å². The molecule has 2 rings (SSSR count). The lowest BCUT2D eigenvalue weighted by molar-refractivity contribution is 0.102. The predicted molar refractivity (Wildman–Crippen MR) is 85.3 cm³/mol. The topological polar surface area (TPSA) is 76.0 Å². The lowest BCUT2D eigenvalue weighted by atomic mass is 10.3. The van der Waals surface area contributed by atoms with Gasteiger partial charge in [0.2, 0.25) is 0 Å². The Kier molecular flexibility index (Phi) is 5.55. The normalized spacial score (nSPS) is 10.3. The Balaban J connectivity index is 2.00. The standard InChI is InChI=1S/C15H17ClN4O2/c1-2-3-9-17-15(22)20-10-8-13(19-20)14(21)18-12-7-5-4-6-11(12)16/h4-8,10H,2-3,9H2,1H3,(H,17,22)(H,18,21). The molecule has 0 bridgehead atoms. The first-order chi connectivity index (χ1) is 10.6. The molecule has 2 aromatic rings. The molecule has 0 radical (unpaired) electrons. The number of carbonyl (C=O) groups excluding carboxylic acids is 2. The summed E-state index contributed by atoms with van der Waals surface area (Å²) in [6.45, 7) is 2.62. The predicted octanol–water partition coefficient (Wildman–Crippen LogP) is 3.15. The number of anilines is 1. The molecular formula is C15H17ClN4O2. The third-order valence-electron chi connectivity index (χ3n) is 2.96. The van der Waals surface area contributed by atoms with E-state index in [1.807, 2.05) is 6.92 Å². The van der Waals surface area contributed by atoms with Crippen LogP contribution in [0.15, 0.2) is 36.5 Å². The molecule has 0 spiro atoms. The molecule has 7 heteroatoms. The summed E-state index contributed by atoms with van der Waals surface area (Å²) in [7, 11) is 0. The van der Waals surface area contributed by atoms with Crippen molar-refractivity contribution >= 4 is 29.2 Å². The molecule has 0 aliphatic carbocycles. The molecule has 0 aliphatic heterocycles. The highest BCUT2D eigenvalue weighted by molar-refractivity contribution is 6.33. The second kappa shape index (κ2) is 7.61. The van der Waals surface area contributed by atoms with Gasteiger partial charge in [0.25, 0.3) is 5.91 Å². The van der Waals surface area contributed by atoms with Crippen molar-refractivity contribution in [1.82, 2.24) is 15.1 Å². The summed E-state index contributed by atoms with van der Waals surface area (Å²) < 4.78 is 1.11. The van der Waals surface area contributed by atoms with Gasteiger partial charge in [-0.05, 0) is 24.6 Å². The van der Waals surface area contributed by atoms with E-state index in [4.69, 9.17) is 11.6 Å². The first-order valence-electron chi connectivity index (χ1n) is 7.01. The van der Waals surface area contributed by atoms with Gasteiger partial charge in [-0.25, -0.2) is 4.79 Å². The number of unbranched alkanes of at least 4 members (excludes halogenated alkanes) is 1. The molecule has 0 aliphatic rings.